The first kappa shape index (κ1) is 11.7. The van der Waals surface area contributed by atoms with E-state index in [-0.39, 0.29) is 0 Å². The highest BCUT2D eigenvalue weighted by Crippen LogP contribution is 2.20. The molecule has 0 aromatic heterocycles. The molecule has 88 valence electrons. The zero-order valence-electron chi connectivity index (χ0n) is 10.6. The van der Waals surface area contributed by atoms with Crippen LogP contribution in [0.4, 0.5) is 0 Å². The normalized spacial score (nSPS) is 22.2. The second kappa shape index (κ2) is 5.49. The van der Waals surface area contributed by atoms with Gasteiger partial charge in [0.25, 0.3) is 0 Å². The monoisotopic (exact) mass is 217 g/mol. The van der Waals surface area contributed by atoms with Gasteiger partial charge in [-0.2, -0.15) is 0 Å². The Bertz CT molecular complexity index is 332. The van der Waals surface area contributed by atoms with E-state index in [0.717, 1.165) is 5.92 Å². The molecular weight excluding hydrogens is 194 g/mol. The van der Waals surface area contributed by atoms with Gasteiger partial charge in [0.05, 0.1) is 0 Å². The van der Waals surface area contributed by atoms with E-state index in [1.807, 2.05) is 0 Å². The molecule has 0 amide bonds. The molecule has 1 atom stereocenters. The van der Waals surface area contributed by atoms with Gasteiger partial charge in [-0.25, -0.2) is 0 Å². The minimum atomic E-state index is 0.871. The fourth-order valence-electron chi connectivity index (χ4n) is 2.78. The average Bonchev–Trinajstić information content (AvgIpc) is 2.29. The Labute approximate surface area is 99.5 Å². The summed E-state index contributed by atoms with van der Waals surface area (Å²) < 4.78 is 0. The van der Waals surface area contributed by atoms with Crippen LogP contribution in [-0.4, -0.2) is 24.5 Å². The molecule has 0 radical (unpaired) electrons. The van der Waals surface area contributed by atoms with Crippen molar-refractivity contribution in [3.05, 3.63) is 35.4 Å². The van der Waals surface area contributed by atoms with Crippen molar-refractivity contribution < 1.29 is 0 Å². The van der Waals surface area contributed by atoms with Crippen molar-refractivity contribution in [3.63, 3.8) is 0 Å². The summed E-state index contributed by atoms with van der Waals surface area (Å²) in [6.07, 6.45) is 4.05. The first-order valence-corrected chi connectivity index (χ1v) is 6.56. The van der Waals surface area contributed by atoms with E-state index in [2.05, 4.69) is 43.0 Å². The molecule has 1 unspecified atom stereocenters. The van der Waals surface area contributed by atoms with Crippen LogP contribution in [0.5, 0.6) is 0 Å². The van der Waals surface area contributed by atoms with Gasteiger partial charge in [0, 0.05) is 6.54 Å². The van der Waals surface area contributed by atoms with Crippen molar-refractivity contribution in [2.45, 2.75) is 33.1 Å². The third-order valence-corrected chi connectivity index (χ3v) is 3.66. The number of piperidine rings is 1. The van der Waals surface area contributed by atoms with Crippen molar-refractivity contribution in [1.82, 2.24) is 4.90 Å². The van der Waals surface area contributed by atoms with Gasteiger partial charge in [-0.05, 0) is 50.8 Å². The number of benzene rings is 1. The first-order valence-electron chi connectivity index (χ1n) is 6.56. The number of nitrogens with zero attached hydrogens (tertiary/aromatic N) is 1. The SMILES string of the molecule is CCN1CCCC(Cc2cccc(C)c2)C1. The second-order valence-electron chi connectivity index (χ2n) is 5.09. The first-order chi connectivity index (χ1) is 7.78. The summed E-state index contributed by atoms with van der Waals surface area (Å²) in [7, 11) is 0. The summed E-state index contributed by atoms with van der Waals surface area (Å²) in [5.74, 6) is 0.871. The number of aryl methyl sites for hydroxylation is 1. The highest BCUT2D eigenvalue weighted by Gasteiger charge is 2.18. The lowest BCUT2D eigenvalue weighted by Crippen LogP contribution is -2.35. The predicted octanol–water partition coefficient (Wildman–Crippen LogP) is 3.27. The van der Waals surface area contributed by atoms with Crippen LogP contribution in [0, 0.1) is 12.8 Å². The van der Waals surface area contributed by atoms with Crippen LogP contribution in [0.1, 0.15) is 30.9 Å². The molecule has 1 heterocycles. The van der Waals surface area contributed by atoms with Gasteiger partial charge in [-0.15, -0.1) is 0 Å². The molecule has 1 aromatic rings. The van der Waals surface area contributed by atoms with Crippen molar-refractivity contribution in [3.8, 4) is 0 Å². The summed E-state index contributed by atoms with van der Waals surface area (Å²) in [5.41, 5.74) is 2.91. The van der Waals surface area contributed by atoms with Gasteiger partial charge in [0.1, 0.15) is 0 Å². The summed E-state index contributed by atoms with van der Waals surface area (Å²) in [6.45, 7) is 8.27. The number of likely N-dealkylation sites (tertiary alicyclic amines) is 1. The average molecular weight is 217 g/mol. The molecule has 1 saturated heterocycles. The molecule has 16 heavy (non-hydrogen) atoms. The largest absolute Gasteiger partial charge is 0.303 e. The number of rotatable bonds is 3. The Balaban J connectivity index is 1.94. The van der Waals surface area contributed by atoms with E-state index in [9.17, 15) is 0 Å². The van der Waals surface area contributed by atoms with Crippen LogP contribution in [0.15, 0.2) is 24.3 Å². The standard InChI is InChI=1S/C15H23N/c1-3-16-9-5-8-15(12-16)11-14-7-4-6-13(2)10-14/h4,6-7,10,15H,3,5,8-9,11-12H2,1-2H3. The van der Waals surface area contributed by atoms with E-state index in [4.69, 9.17) is 0 Å². The van der Waals surface area contributed by atoms with E-state index in [1.165, 1.54) is 50.0 Å². The molecule has 0 saturated carbocycles. The quantitative estimate of drug-likeness (QED) is 0.751. The third-order valence-electron chi connectivity index (χ3n) is 3.66. The van der Waals surface area contributed by atoms with Gasteiger partial charge in [-0.1, -0.05) is 36.8 Å². The van der Waals surface area contributed by atoms with Crippen molar-refractivity contribution >= 4 is 0 Å². The van der Waals surface area contributed by atoms with Crippen molar-refractivity contribution in [2.75, 3.05) is 19.6 Å². The van der Waals surface area contributed by atoms with Crippen LogP contribution in [0.3, 0.4) is 0 Å². The summed E-state index contributed by atoms with van der Waals surface area (Å²) in [6, 6.07) is 8.98. The lowest BCUT2D eigenvalue weighted by atomic mass is 9.91. The topological polar surface area (TPSA) is 3.24 Å². The van der Waals surface area contributed by atoms with Gasteiger partial charge in [0.2, 0.25) is 0 Å². The second-order valence-corrected chi connectivity index (χ2v) is 5.09. The predicted molar refractivity (Wildman–Crippen MR) is 69.7 cm³/mol. The molecule has 1 fully saturated rings. The smallest absolute Gasteiger partial charge is 0.00127 e. The van der Waals surface area contributed by atoms with E-state index < -0.39 is 0 Å². The number of hydrogen-bond donors (Lipinski definition) is 0. The molecule has 0 spiro atoms. The molecule has 1 aliphatic heterocycles. The zero-order valence-corrected chi connectivity index (χ0v) is 10.6. The van der Waals surface area contributed by atoms with Crippen LogP contribution < -0.4 is 0 Å². The minimum Gasteiger partial charge on any atom is -0.303 e. The molecule has 1 aliphatic rings. The molecule has 1 nitrogen and oxygen atoms in total. The lowest BCUT2D eigenvalue weighted by Gasteiger charge is -2.31. The maximum Gasteiger partial charge on any atom is 0.00127 e. The molecular formula is C15H23N. The summed E-state index contributed by atoms with van der Waals surface area (Å²) in [5, 5.41) is 0. The van der Waals surface area contributed by atoms with Gasteiger partial charge in [0.15, 0.2) is 0 Å². The van der Waals surface area contributed by atoms with Crippen LogP contribution >= 0.6 is 0 Å². The van der Waals surface area contributed by atoms with E-state index in [0.29, 0.717) is 0 Å². The zero-order chi connectivity index (χ0) is 11.4. The Morgan fingerprint density at radius 3 is 3.00 bits per heavy atom. The molecule has 1 aromatic carbocycles. The van der Waals surface area contributed by atoms with Crippen LogP contribution in [-0.2, 0) is 6.42 Å². The lowest BCUT2D eigenvalue weighted by molar-refractivity contribution is 0.182. The highest BCUT2D eigenvalue weighted by atomic mass is 15.1. The Hall–Kier alpha value is -0.820. The molecule has 0 bridgehead atoms. The van der Waals surface area contributed by atoms with Crippen LogP contribution in [0.2, 0.25) is 0 Å². The fourth-order valence-corrected chi connectivity index (χ4v) is 2.78. The molecule has 1 heteroatoms. The highest BCUT2D eigenvalue weighted by molar-refractivity contribution is 5.22. The Kier molecular flexibility index (Phi) is 4.00. The maximum absolute atomic E-state index is 2.59. The van der Waals surface area contributed by atoms with Crippen LogP contribution in [0.25, 0.3) is 0 Å². The number of hydrogen-bond acceptors (Lipinski definition) is 1. The van der Waals surface area contributed by atoms with Crippen molar-refractivity contribution in [2.24, 2.45) is 5.92 Å². The van der Waals surface area contributed by atoms with Gasteiger partial charge >= 0.3 is 0 Å². The summed E-state index contributed by atoms with van der Waals surface area (Å²) in [4.78, 5) is 2.59. The van der Waals surface area contributed by atoms with Gasteiger partial charge in [-0.3, -0.25) is 0 Å². The Morgan fingerprint density at radius 1 is 1.38 bits per heavy atom. The Morgan fingerprint density at radius 2 is 2.25 bits per heavy atom. The fraction of sp³-hybridized carbons (Fsp3) is 0.600. The molecule has 2 rings (SSSR count). The van der Waals surface area contributed by atoms with E-state index in [1.54, 1.807) is 0 Å². The molecule has 0 N–H and O–H groups in total. The minimum absolute atomic E-state index is 0.871. The van der Waals surface area contributed by atoms with E-state index >= 15 is 0 Å². The summed E-state index contributed by atoms with van der Waals surface area (Å²) >= 11 is 0. The molecule has 0 aliphatic carbocycles. The van der Waals surface area contributed by atoms with Crippen molar-refractivity contribution in [1.29, 1.82) is 0 Å². The third kappa shape index (κ3) is 3.08. The van der Waals surface area contributed by atoms with Gasteiger partial charge < -0.3 is 4.90 Å². The maximum atomic E-state index is 2.59.